The molecule has 0 aromatic heterocycles. The number of hydrogen-bond donors (Lipinski definition) is 2. The molecule has 1 rings (SSSR count). The molecule has 0 saturated heterocycles. The molecule has 0 radical (unpaired) electrons. The van der Waals surface area contributed by atoms with Gasteiger partial charge in [-0.1, -0.05) is 6.07 Å². The number of nitrogens with one attached hydrogen (secondary N) is 1. The van der Waals surface area contributed by atoms with Gasteiger partial charge in [0.15, 0.2) is 17.3 Å². The molecule has 0 aliphatic carbocycles. The number of esters is 2. The number of benzene rings is 1. The summed E-state index contributed by atoms with van der Waals surface area (Å²) in [6.07, 6.45) is 1.34. The van der Waals surface area contributed by atoms with E-state index in [-0.39, 0.29) is 75.1 Å². The zero-order valence-corrected chi connectivity index (χ0v) is 15.0. The molecule has 0 saturated carbocycles. The number of aliphatic carboxylic acids is 1. The van der Waals surface area contributed by atoms with Crippen LogP contribution in [-0.2, 0) is 25.6 Å². The van der Waals surface area contributed by atoms with E-state index in [9.17, 15) is 24.3 Å². The van der Waals surface area contributed by atoms with Gasteiger partial charge in [0, 0.05) is 26.0 Å². The van der Waals surface area contributed by atoms with E-state index < -0.39 is 23.9 Å². The third-order valence-corrected chi connectivity index (χ3v) is 3.08. The molecule has 142 valence electrons. The molecule has 9 heteroatoms. The van der Waals surface area contributed by atoms with Gasteiger partial charge >= 0.3 is 69.3 Å². The van der Waals surface area contributed by atoms with Crippen molar-refractivity contribution in [1.82, 2.24) is 5.32 Å². The summed E-state index contributed by atoms with van der Waals surface area (Å²) < 4.78 is 9.99. The second-order valence-electron chi connectivity index (χ2n) is 5.65. The molecule has 0 fully saturated rings. The zero-order valence-electron chi connectivity index (χ0n) is 15.0. The standard InChI is InChI=1S/C18H21NO7.K.H/c1-10(7-11(2)20)19-15(18(23)24)8-14-5-6-16(25-12(3)21)17(9-14)26-13(4)22;;/h5-7,9,15,19H,8H2,1-4H3,(H,23,24);;/t15-;;/m0../s1. The second-order valence-corrected chi connectivity index (χ2v) is 5.65. The van der Waals surface area contributed by atoms with Crippen molar-refractivity contribution in [2.75, 3.05) is 0 Å². The van der Waals surface area contributed by atoms with Gasteiger partial charge in [-0.05, 0) is 37.6 Å². The van der Waals surface area contributed by atoms with E-state index >= 15 is 0 Å². The number of rotatable bonds is 8. The molecule has 2 N–H and O–H groups in total. The van der Waals surface area contributed by atoms with Crippen molar-refractivity contribution >= 4 is 75.1 Å². The Morgan fingerprint density at radius 1 is 1.04 bits per heavy atom. The Balaban J connectivity index is 0.00000676. The Morgan fingerprint density at radius 2 is 1.59 bits per heavy atom. The summed E-state index contributed by atoms with van der Waals surface area (Å²) in [6, 6.07) is 3.41. The number of carbonyl (C=O) groups is 4. The molecule has 0 unspecified atom stereocenters. The van der Waals surface area contributed by atoms with Crippen LogP contribution < -0.4 is 14.8 Å². The van der Waals surface area contributed by atoms with Crippen LogP contribution in [0.5, 0.6) is 11.5 Å². The molecule has 0 amide bonds. The van der Waals surface area contributed by atoms with E-state index in [0.717, 1.165) is 0 Å². The Bertz CT molecular complexity index is 758. The molecule has 0 aliphatic rings. The van der Waals surface area contributed by atoms with Gasteiger partial charge in [-0.25, -0.2) is 4.79 Å². The quantitative estimate of drug-likeness (QED) is 0.285. The van der Waals surface area contributed by atoms with E-state index in [4.69, 9.17) is 9.47 Å². The van der Waals surface area contributed by atoms with Crippen LogP contribution in [-0.4, -0.2) is 86.2 Å². The Morgan fingerprint density at radius 3 is 2.07 bits per heavy atom. The van der Waals surface area contributed by atoms with Crippen LogP contribution >= 0.6 is 0 Å². The van der Waals surface area contributed by atoms with Crippen LogP contribution in [0.15, 0.2) is 30.0 Å². The first-order valence-corrected chi connectivity index (χ1v) is 7.76. The topological polar surface area (TPSA) is 119 Å². The zero-order chi connectivity index (χ0) is 19.9. The fourth-order valence-corrected chi connectivity index (χ4v) is 2.21. The monoisotopic (exact) mass is 403 g/mol. The van der Waals surface area contributed by atoms with Crippen molar-refractivity contribution in [2.24, 2.45) is 0 Å². The minimum absolute atomic E-state index is 0. The number of ether oxygens (including phenoxy) is 2. The molecule has 0 bridgehead atoms. The molecular formula is C18H22KNO7. The number of hydrogen-bond acceptors (Lipinski definition) is 7. The van der Waals surface area contributed by atoms with E-state index in [0.29, 0.717) is 11.3 Å². The van der Waals surface area contributed by atoms with Gasteiger partial charge in [0.1, 0.15) is 6.04 Å². The fraction of sp³-hybridized carbons (Fsp3) is 0.333. The van der Waals surface area contributed by atoms with Crippen LogP contribution in [0.4, 0.5) is 0 Å². The minimum atomic E-state index is -1.11. The molecule has 27 heavy (non-hydrogen) atoms. The first-order chi connectivity index (χ1) is 12.1. The molecule has 1 atom stereocenters. The summed E-state index contributed by atoms with van der Waals surface area (Å²) in [6.45, 7) is 5.35. The average Bonchev–Trinajstić information content (AvgIpc) is 2.47. The SMILES string of the molecule is CC(=O)C=C(C)N[C@@H](Cc1ccc(OC(C)=O)c(OC(C)=O)c1)C(=O)O.[KH]. The molecule has 0 aliphatic heterocycles. The molecule has 1 aromatic rings. The van der Waals surface area contributed by atoms with Gasteiger partial charge in [-0.15, -0.1) is 0 Å². The van der Waals surface area contributed by atoms with Gasteiger partial charge < -0.3 is 19.9 Å². The fourth-order valence-electron chi connectivity index (χ4n) is 2.21. The molecule has 0 spiro atoms. The Kier molecular flexibility index (Phi) is 11.4. The van der Waals surface area contributed by atoms with E-state index in [2.05, 4.69) is 5.32 Å². The molecule has 0 heterocycles. The number of ketones is 1. The van der Waals surface area contributed by atoms with Crippen LogP contribution in [0.3, 0.4) is 0 Å². The second kappa shape index (κ2) is 12.0. The number of carboxylic acids is 1. The van der Waals surface area contributed by atoms with Crippen LogP contribution in [0.2, 0.25) is 0 Å². The Labute approximate surface area is 199 Å². The normalized spacial score (nSPS) is 11.6. The third-order valence-electron chi connectivity index (χ3n) is 3.08. The van der Waals surface area contributed by atoms with Crippen molar-refractivity contribution in [3.05, 3.63) is 35.5 Å². The summed E-state index contributed by atoms with van der Waals surface area (Å²) in [7, 11) is 0. The van der Waals surface area contributed by atoms with Crippen molar-refractivity contribution < 1.29 is 33.8 Å². The summed E-state index contributed by atoms with van der Waals surface area (Å²) in [5, 5.41) is 12.1. The Hall–Kier alpha value is -1.52. The average molecular weight is 403 g/mol. The summed E-state index contributed by atoms with van der Waals surface area (Å²) >= 11 is 0. The van der Waals surface area contributed by atoms with E-state index in [1.165, 1.54) is 39.0 Å². The van der Waals surface area contributed by atoms with Gasteiger partial charge in [0.25, 0.3) is 0 Å². The number of carboxylic acid groups (broad SMARTS) is 1. The van der Waals surface area contributed by atoms with Crippen LogP contribution in [0.25, 0.3) is 0 Å². The van der Waals surface area contributed by atoms with E-state index in [1.807, 2.05) is 0 Å². The van der Waals surface area contributed by atoms with Crippen molar-refractivity contribution in [2.45, 2.75) is 40.2 Å². The molecule has 1 aromatic carbocycles. The summed E-state index contributed by atoms with van der Waals surface area (Å²) in [4.78, 5) is 44.9. The maximum absolute atomic E-state index is 11.5. The first kappa shape index (κ1) is 25.5. The van der Waals surface area contributed by atoms with Crippen LogP contribution in [0, 0.1) is 0 Å². The molecular weight excluding hydrogens is 381 g/mol. The predicted octanol–water partition coefficient (Wildman–Crippen LogP) is 0.967. The summed E-state index contributed by atoms with van der Waals surface area (Å²) in [5.41, 5.74) is 0.953. The maximum atomic E-state index is 11.5. The van der Waals surface area contributed by atoms with Gasteiger partial charge in [0.05, 0.1) is 0 Å². The van der Waals surface area contributed by atoms with E-state index in [1.54, 1.807) is 13.0 Å². The predicted molar refractivity (Wildman–Crippen MR) is 98.9 cm³/mol. The van der Waals surface area contributed by atoms with Crippen molar-refractivity contribution in [3.63, 3.8) is 0 Å². The van der Waals surface area contributed by atoms with Gasteiger partial charge in [-0.3, -0.25) is 14.4 Å². The first-order valence-electron chi connectivity index (χ1n) is 7.76. The third kappa shape index (κ3) is 9.82. The van der Waals surface area contributed by atoms with Crippen molar-refractivity contribution in [3.8, 4) is 11.5 Å². The van der Waals surface area contributed by atoms with Crippen molar-refractivity contribution in [1.29, 1.82) is 0 Å². The number of allylic oxidation sites excluding steroid dienone is 2. The van der Waals surface area contributed by atoms with Gasteiger partial charge in [-0.2, -0.15) is 0 Å². The van der Waals surface area contributed by atoms with Crippen LogP contribution in [0.1, 0.15) is 33.3 Å². The summed E-state index contributed by atoms with van der Waals surface area (Å²) in [5.74, 6) is -2.43. The molecule has 8 nitrogen and oxygen atoms in total. The number of carbonyl (C=O) groups excluding carboxylic acids is 3. The van der Waals surface area contributed by atoms with Gasteiger partial charge in [0.2, 0.25) is 0 Å².